The number of hydrogen-bond donors (Lipinski definition) is 2. The molecular weight excluding hydrogens is 296 g/mol. The van der Waals surface area contributed by atoms with Gasteiger partial charge in [-0.25, -0.2) is 4.98 Å². The second kappa shape index (κ2) is 6.42. The van der Waals surface area contributed by atoms with Gasteiger partial charge in [0, 0.05) is 29.5 Å². The summed E-state index contributed by atoms with van der Waals surface area (Å²) in [6.07, 6.45) is 4.63. The molecule has 0 radical (unpaired) electrons. The van der Waals surface area contributed by atoms with Crippen LogP contribution >= 0.6 is 11.3 Å². The molecule has 2 aromatic rings. The van der Waals surface area contributed by atoms with E-state index < -0.39 is 0 Å². The first-order valence-corrected chi connectivity index (χ1v) is 8.16. The molecular formula is C17H18N2O2S. The normalized spacial score (nSPS) is 20.3. The lowest BCUT2D eigenvalue weighted by Crippen LogP contribution is -2.33. The molecule has 0 unspecified atom stereocenters. The van der Waals surface area contributed by atoms with Gasteiger partial charge in [-0.15, -0.1) is 11.3 Å². The Morgan fingerprint density at radius 3 is 2.82 bits per heavy atom. The van der Waals surface area contributed by atoms with Gasteiger partial charge in [0.25, 0.3) is 5.91 Å². The maximum absolute atomic E-state index is 12.2. The van der Waals surface area contributed by atoms with Gasteiger partial charge in [-0.05, 0) is 13.3 Å². The van der Waals surface area contributed by atoms with Crippen molar-refractivity contribution in [1.29, 1.82) is 0 Å². The first-order chi connectivity index (χ1) is 10.7. The molecule has 1 aromatic heterocycles. The molecule has 0 bridgehead atoms. The van der Waals surface area contributed by atoms with Gasteiger partial charge in [-0.2, -0.15) is 0 Å². The minimum Gasteiger partial charge on any atom is -0.396 e. The second-order valence-corrected chi connectivity index (χ2v) is 6.41. The molecule has 3 rings (SSSR count). The molecule has 1 aliphatic carbocycles. The summed E-state index contributed by atoms with van der Waals surface area (Å²) >= 11 is 1.47. The predicted molar refractivity (Wildman–Crippen MR) is 87.9 cm³/mol. The number of rotatable bonds is 4. The molecule has 4 nitrogen and oxygen atoms in total. The summed E-state index contributed by atoms with van der Waals surface area (Å²) in [6, 6.07) is 8.08. The summed E-state index contributed by atoms with van der Waals surface area (Å²) in [5.74, 6) is -0.0216. The molecule has 1 aliphatic rings. The zero-order chi connectivity index (χ0) is 15.5. The van der Waals surface area contributed by atoms with E-state index in [1.54, 1.807) is 5.38 Å². The van der Waals surface area contributed by atoms with Crippen LogP contribution in [0, 0.1) is 12.8 Å². The number of benzene rings is 1. The number of carbonyl (C=O) groups excluding carboxylic acids is 1. The molecule has 0 fully saturated rings. The van der Waals surface area contributed by atoms with E-state index in [0.29, 0.717) is 5.69 Å². The zero-order valence-electron chi connectivity index (χ0n) is 12.3. The van der Waals surface area contributed by atoms with Crippen LogP contribution in [0.1, 0.15) is 22.5 Å². The van der Waals surface area contributed by atoms with Crippen LogP contribution in [0.25, 0.3) is 10.6 Å². The number of aromatic nitrogens is 1. The minimum atomic E-state index is -0.164. The van der Waals surface area contributed by atoms with Crippen molar-refractivity contribution in [3.8, 4) is 10.6 Å². The number of hydrogen-bond acceptors (Lipinski definition) is 4. The Morgan fingerprint density at radius 1 is 1.36 bits per heavy atom. The number of thiazole rings is 1. The standard InChI is InChI=1S/C17H18N2O2S/c1-11-2-5-13(6-3-11)17-19-15(10-22-17)16(21)18-14-7-4-12(8-14)9-20/h2-7,10,12,14,20H,8-9H2,1H3,(H,18,21)/t12-,14+/m0/s1. The van der Waals surface area contributed by atoms with E-state index in [0.717, 1.165) is 17.0 Å². The van der Waals surface area contributed by atoms with E-state index in [4.69, 9.17) is 5.11 Å². The third-order valence-corrected chi connectivity index (χ3v) is 4.65. The Bertz CT molecular complexity index is 691. The highest BCUT2D eigenvalue weighted by Gasteiger charge is 2.21. The van der Waals surface area contributed by atoms with Crippen molar-refractivity contribution in [2.24, 2.45) is 5.92 Å². The number of aryl methyl sites for hydroxylation is 1. The monoisotopic (exact) mass is 314 g/mol. The van der Waals surface area contributed by atoms with Gasteiger partial charge >= 0.3 is 0 Å². The average molecular weight is 314 g/mol. The van der Waals surface area contributed by atoms with E-state index in [-0.39, 0.29) is 24.5 Å². The van der Waals surface area contributed by atoms with Crippen LogP contribution in [0.4, 0.5) is 0 Å². The van der Waals surface area contributed by atoms with Crippen LogP contribution in [0.3, 0.4) is 0 Å². The van der Waals surface area contributed by atoms with Gasteiger partial charge in [0.2, 0.25) is 0 Å². The molecule has 2 N–H and O–H groups in total. The van der Waals surface area contributed by atoms with Crippen molar-refractivity contribution in [3.63, 3.8) is 0 Å². The molecule has 0 spiro atoms. The van der Waals surface area contributed by atoms with Crippen molar-refractivity contribution in [3.05, 3.63) is 53.1 Å². The summed E-state index contributed by atoms with van der Waals surface area (Å²) in [4.78, 5) is 16.7. The highest BCUT2D eigenvalue weighted by molar-refractivity contribution is 7.13. The summed E-state index contributed by atoms with van der Waals surface area (Å²) in [5.41, 5.74) is 2.67. The van der Waals surface area contributed by atoms with Crippen LogP contribution in [0.5, 0.6) is 0 Å². The Balaban J connectivity index is 1.67. The van der Waals surface area contributed by atoms with Crippen molar-refractivity contribution in [1.82, 2.24) is 10.3 Å². The Labute approximate surface area is 133 Å². The van der Waals surface area contributed by atoms with Gasteiger partial charge in [-0.3, -0.25) is 4.79 Å². The van der Waals surface area contributed by atoms with Crippen molar-refractivity contribution in [2.75, 3.05) is 6.61 Å². The molecule has 5 heteroatoms. The smallest absolute Gasteiger partial charge is 0.271 e. The SMILES string of the molecule is Cc1ccc(-c2nc(C(=O)N[C@@H]3C=C[C@H](CO)C3)cs2)cc1. The lowest BCUT2D eigenvalue weighted by molar-refractivity contribution is 0.0937. The highest BCUT2D eigenvalue weighted by atomic mass is 32.1. The zero-order valence-corrected chi connectivity index (χ0v) is 13.1. The second-order valence-electron chi connectivity index (χ2n) is 5.55. The summed E-state index contributed by atoms with van der Waals surface area (Å²) < 4.78 is 0. The number of aliphatic hydroxyl groups is 1. The Hall–Kier alpha value is -1.98. The molecule has 114 valence electrons. The molecule has 1 heterocycles. The highest BCUT2D eigenvalue weighted by Crippen LogP contribution is 2.24. The Morgan fingerprint density at radius 2 is 2.14 bits per heavy atom. The molecule has 2 atom stereocenters. The molecule has 0 saturated carbocycles. The van der Waals surface area contributed by atoms with Crippen molar-refractivity contribution in [2.45, 2.75) is 19.4 Å². The number of nitrogens with zero attached hydrogens (tertiary/aromatic N) is 1. The van der Waals surface area contributed by atoms with Gasteiger partial charge in [0.1, 0.15) is 10.7 Å². The van der Waals surface area contributed by atoms with Crippen LogP contribution in [0.15, 0.2) is 41.8 Å². The summed E-state index contributed by atoms with van der Waals surface area (Å²) in [5, 5.41) is 14.7. The molecule has 22 heavy (non-hydrogen) atoms. The Kier molecular flexibility index (Phi) is 4.36. The summed E-state index contributed by atoms with van der Waals surface area (Å²) in [6.45, 7) is 2.16. The van der Waals surface area contributed by atoms with E-state index in [2.05, 4.69) is 10.3 Å². The van der Waals surface area contributed by atoms with Gasteiger partial charge in [0.15, 0.2) is 0 Å². The lowest BCUT2D eigenvalue weighted by atomic mass is 10.1. The van der Waals surface area contributed by atoms with Gasteiger partial charge in [-0.1, -0.05) is 42.0 Å². The first kappa shape index (κ1) is 14.9. The molecule has 0 saturated heterocycles. The van der Waals surface area contributed by atoms with E-state index >= 15 is 0 Å². The summed E-state index contributed by atoms with van der Waals surface area (Å²) in [7, 11) is 0. The van der Waals surface area contributed by atoms with Crippen molar-refractivity contribution < 1.29 is 9.90 Å². The topological polar surface area (TPSA) is 62.2 Å². The van der Waals surface area contributed by atoms with Crippen LogP contribution in [-0.2, 0) is 0 Å². The molecule has 1 amide bonds. The third-order valence-electron chi connectivity index (χ3n) is 3.76. The largest absolute Gasteiger partial charge is 0.396 e. The first-order valence-electron chi connectivity index (χ1n) is 7.28. The van der Waals surface area contributed by atoms with Crippen molar-refractivity contribution >= 4 is 17.2 Å². The maximum atomic E-state index is 12.2. The fourth-order valence-electron chi connectivity index (χ4n) is 2.47. The molecule has 0 aliphatic heterocycles. The number of aliphatic hydroxyl groups excluding tert-OH is 1. The van der Waals surface area contributed by atoms with E-state index in [1.807, 2.05) is 43.3 Å². The van der Waals surface area contributed by atoms with Crippen LogP contribution in [0.2, 0.25) is 0 Å². The van der Waals surface area contributed by atoms with Gasteiger partial charge < -0.3 is 10.4 Å². The fourth-order valence-corrected chi connectivity index (χ4v) is 3.27. The van der Waals surface area contributed by atoms with Gasteiger partial charge in [0.05, 0.1) is 0 Å². The average Bonchev–Trinajstić information content (AvgIpc) is 3.17. The van der Waals surface area contributed by atoms with Crippen LogP contribution < -0.4 is 5.32 Å². The molecule has 1 aromatic carbocycles. The van der Waals surface area contributed by atoms with E-state index in [9.17, 15) is 4.79 Å². The van der Waals surface area contributed by atoms with E-state index in [1.165, 1.54) is 16.9 Å². The fraction of sp³-hybridized carbons (Fsp3) is 0.294. The minimum absolute atomic E-state index is 0.0193. The predicted octanol–water partition coefficient (Wildman–Crippen LogP) is 2.79. The third kappa shape index (κ3) is 3.26. The number of nitrogens with one attached hydrogen (secondary N) is 1. The number of carbonyl (C=O) groups is 1. The van der Waals surface area contributed by atoms with Crippen LogP contribution in [-0.4, -0.2) is 28.6 Å². The number of amides is 1. The lowest BCUT2D eigenvalue weighted by Gasteiger charge is -2.11. The maximum Gasteiger partial charge on any atom is 0.271 e. The quantitative estimate of drug-likeness (QED) is 0.853.